The number of rotatable bonds is 14. The van der Waals surface area contributed by atoms with Crippen molar-refractivity contribution in [2.24, 2.45) is 0 Å². The second kappa shape index (κ2) is 24.4. The van der Waals surface area contributed by atoms with Crippen LogP contribution in [-0.2, 0) is 5.41 Å². The van der Waals surface area contributed by atoms with Gasteiger partial charge in [-0.05, 0) is 181 Å². The molecule has 446 valence electrons. The lowest BCUT2D eigenvalue weighted by molar-refractivity contribution is 0.751. The first-order valence-corrected chi connectivity index (χ1v) is 32.8. The topological polar surface area (TPSA) is 9.72 Å². The first-order chi connectivity index (χ1) is 47.2. The predicted molar refractivity (Wildman–Crippen MR) is 401 cm³/mol. The molecule has 17 rings (SSSR count). The predicted octanol–water partition coefficient (Wildman–Crippen LogP) is 22.0. The highest BCUT2D eigenvalue weighted by Crippen LogP contribution is 2.55. The minimum Gasteiger partial charge on any atom is -0.310 e. The molecule has 0 aromatic heterocycles. The van der Waals surface area contributed by atoms with Crippen molar-refractivity contribution in [2.45, 2.75) is 5.41 Å². The van der Waals surface area contributed by atoms with Gasteiger partial charge in [-0.15, -0.1) is 0 Å². The van der Waals surface area contributed by atoms with Gasteiger partial charge in [-0.3, -0.25) is 0 Å². The van der Waals surface area contributed by atoms with Crippen LogP contribution in [0.3, 0.4) is 0 Å². The maximum absolute atomic E-state index is 2.68. The van der Waals surface area contributed by atoms with E-state index >= 15 is 0 Å². The molecule has 0 atom stereocenters. The Morgan fingerprint density at radius 3 is 1.00 bits per heavy atom. The van der Waals surface area contributed by atoms with E-state index in [2.05, 4.69) is 403 Å². The van der Waals surface area contributed by atoms with E-state index < -0.39 is 5.41 Å². The Hall–Kier alpha value is -12.2. The molecule has 15 aromatic rings. The van der Waals surface area contributed by atoms with Crippen LogP contribution in [0.2, 0.25) is 0 Å². The summed E-state index contributed by atoms with van der Waals surface area (Å²) in [6, 6.07) is 144. The molecule has 2 aliphatic rings. The first-order valence-electron chi connectivity index (χ1n) is 32.8. The lowest BCUT2D eigenvalue weighted by atomic mass is 9.29. The molecule has 0 spiro atoms. The molecule has 0 aliphatic carbocycles. The van der Waals surface area contributed by atoms with Crippen molar-refractivity contribution < 1.29 is 0 Å². The number of anilines is 9. The smallest absolute Gasteiger partial charge is 0.247 e. The number of hydrogen-bond donors (Lipinski definition) is 0. The minimum absolute atomic E-state index is 0.248. The van der Waals surface area contributed by atoms with Crippen LogP contribution in [0, 0.1) is 0 Å². The summed E-state index contributed by atoms with van der Waals surface area (Å²) in [7, 11) is 0. The van der Waals surface area contributed by atoms with Gasteiger partial charge in [0, 0.05) is 56.6 Å². The van der Waals surface area contributed by atoms with Gasteiger partial charge in [0.25, 0.3) is 0 Å². The van der Waals surface area contributed by atoms with Crippen molar-refractivity contribution in [3.8, 4) is 55.6 Å². The quantitative estimate of drug-likeness (QED) is 0.101. The standard InChI is InChI=1S/C91H64BN3/c1-11-32-65(33-12-1)69-58-70(66-34-13-2-14-35-66)60-71(59-69)72-61-84-89-88(62-72)95(90-81(67-36-15-3-16-37-67)52-31-53-82(90)68-38-17-4-18-39-68)87-64-80(94(77-48-27-9-28-49-77)78-50-29-10-30-51-78)55-57-86(87)92(89)85-56-54-79(93(75-44-23-7-24-45-75)76-46-25-8-26-47-76)63-83(85)91(84,73-40-19-5-20-41-73)74-42-21-6-22-43-74/h1-64H. The van der Waals surface area contributed by atoms with E-state index in [1.165, 1.54) is 38.6 Å². The Morgan fingerprint density at radius 2 is 0.579 bits per heavy atom. The van der Waals surface area contributed by atoms with Gasteiger partial charge in [-0.25, -0.2) is 0 Å². The van der Waals surface area contributed by atoms with Crippen molar-refractivity contribution in [1.82, 2.24) is 0 Å². The van der Waals surface area contributed by atoms with E-state index in [4.69, 9.17) is 0 Å². The van der Waals surface area contributed by atoms with Gasteiger partial charge < -0.3 is 14.7 Å². The summed E-state index contributed by atoms with van der Waals surface area (Å²) in [5, 5.41) is 0. The summed E-state index contributed by atoms with van der Waals surface area (Å²) in [5.41, 5.74) is 28.7. The van der Waals surface area contributed by atoms with Crippen molar-refractivity contribution in [1.29, 1.82) is 0 Å². The number of para-hydroxylation sites is 5. The summed E-state index contributed by atoms with van der Waals surface area (Å²) in [5.74, 6) is 0. The molecule has 0 saturated carbocycles. The van der Waals surface area contributed by atoms with E-state index in [0.29, 0.717) is 0 Å². The maximum Gasteiger partial charge on any atom is 0.247 e. The number of hydrogen-bond acceptors (Lipinski definition) is 3. The molecule has 3 nitrogen and oxygen atoms in total. The van der Waals surface area contributed by atoms with Gasteiger partial charge >= 0.3 is 0 Å². The van der Waals surface area contributed by atoms with Crippen LogP contribution in [0.4, 0.5) is 51.2 Å². The van der Waals surface area contributed by atoms with Crippen molar-refractivity contribution in [2.75, 3.05) is 14.7 Å². The summed E-state index contributed by atoms with van der Waals surface area (Å²) >= 11 is 0. The highest BCUT2D eigenvalue weighted by molar-refractivity contribution is 6.99. The zero-order chi connectivity index (χ0) is 63.1. The molecular formula is C91H64BN3. The van der Waals surface area contributed by atoms with E-state index in [0.717, 1.165) is 107 Å². The lowest BCUT2D eigenvalue weighted by Gasteiger charge is -2.49. The third kappa shape index (κ3) is 10.0. The summed E-state index contributed by atoms with van der Waals surface area (Å²) in [6.45, 7) is -0.248. The lowest BCUT2D eigenvalue weighted by Crippen LogP contribution is -2.65. The third-order valence-electron chi connectivity index (χ3n) is 19.3. The van der Waals surface area contributed by atoms with Crippen LogP contribution in [0.25, 0.3) is 55.6 Å². The Bertz CT molecular complexity index is 4980. The van der Waals surface area contributed by atoms with E-state index in [1.807, 2.05) is 0 Å². The van der Waals surface area contributed by atoms with Crippen LogP contribution < -0.4 is 31.1 Å². The van der Waals surface area contributed by atoms with Gasteiger partial charge in [-0.1, -0.05) is 291 Å². The van der Waals surface area contributed by atoms with E-state index in [9.17, 15) is 0 Å². The van der Waals surface area contributed by atoms with Crippen LogP contribution in [0.5, 0.6) is 0 Å². The molecule has 0 saturated heterocycles. The Balaban J connectivity index is 1.07. The van der Waals surface area contributed by atoms with Crippen LogP contribution in [-0.4, -0.2) is 6.71 Å². The molecule has 15 aromatic carbocycles. The van der Waals surface area contributed by atoms with Crippen LogP contribution in [0.15, 0.2) is 388 Å². The molecule has 2 heterocycles. The second-order valence-corrected chi connectivity index (χ2v) is 24.7. The van der Waals surface area contributed by atoms with E-state index in [1.54, 1.807) is 0 Å². The van der Waals surface area contributed by atoms with Crippen LogP contribution in [0.1, 0.15) is 22.3 Å². The second-order valence-electron chi connectivity index (χ2n) is 24.7. The number of nitrogens with zero attached hydrogens (tertiary/aromatic N) is 3. The molecule has 2 aliphatic heterocycles. The fourth-order valence-electron chi connectivity index (χ4n) is 15.2. The first kappa shape index (κ1) is 56.7. The highest BCUT2D eigenvalue weighted by Gasteiger charge is 2.52. The number of benzene rings is 15. The van der Waals surface area contributed by atoms with Crippen LogP contribution >= 0.6 is 0 Å². The zero-order valence-electron chi connectivity index (χ0n) is 52.4. The van der Waals surface area contributed by atoms with Gasteiger partial charge in [0.15, 0.2) is 0 Å². The normalized spacial score (nSPS) is 12.5. The minimum atomic E-state index is -0.898. The van der Waals surface area contributed by atoms with E-state index in [-0.39, 0.29) is 6.71 Å². The average molecular weight is 1210 g/mol. The Labute approximate surface area is 557 Å². The molecule has 0 N–H and O–H groups in total. The maximum atomic E-state index is 2.68. The summed E-state index contributed by atoms with van der Waals surface area (Å²) < 4.78 is 0. The van der Waals surface area contributed by atoms with Gasteiger partial charge in [0.05, 0.1) is 11.1 Å². The van der Waals surface area contributed by atoms with Crippen molar-refractivity contribution in [3.63, 3.8) is 0 Å². The van der Waals surface area contributed by atoms with Crippen molar-refractivity contribution in [3.05, 3.63) is 411 Å². The monoisotopic (exact) mass is 1210 g/mol. The average Bonchev–Trinajstić information content (AvgIpc) is 0.674. The molecule has 0 fully saturated rings. The van der Waals surface area contributed by atoms with Gasteiger partial charge in [0.2, 0.25) is 6.71 Å². The molecule has 4 heteroatoms. The van der Waals surface area contributed by atoms with Crippen molar-refractivity contribution >= 4 is 74.3 Å². The summed E-state index contributed by atoms with van der Waals surface area (Å²) in [6.07, 6.45) is 0. The van der Waals surface area contributed by atoms with Gasteiger partial charge in [-0.2, -0.15) is 0 Å². The molecule has 0 radical (unpaired) electrons. The zero-order valence-corrected chi connectivity index (χ0v) is 52.4. The van der Waals surface area contributed by atoms with Gasteiger partial charge in [0.1, 0.15) is 0 Å². The molecule has 0 bridgehead atoms. The Kier molecular flexibility index (Phi) is 14.6. The highest BCUT2D eigenvalue weighted by atomic mass is 15.2. The molecular weight excluding hydrogens is 1150 g/mol. The molecule has 0 amide bonds. The third-order valence-corrected chi connectivity index (χ3v) is 19.3. The largest absolute Gasteiger partial charge is 0.310 e. The summed E-state index contributed by atoms with van der Waals surface area (Å²) in [4.78, 5) is 7.52. The molecule has 0 unspecified atom stereocenters. The fraction of sp³-hybridized carbons (Fsp3) is 0.0110. The number of fused-ring (bicyclic) bond motifs is 4. The SMILES string of the molecule is c1ccc(-c2cc(-c3ccccc3)cc(-c3cc4c5c(c3)C(c3ccccc3)(c3ccccc3)c3cc(N(c6ccccc6)c6ccccc6)ccc3B5c3ccc(N(c5ccccc5)c5ccccc5)cc3N4c3c(-c4ccccc4)cccc3-c3ccccc3)c2)cc1. The fourth-order valence-corrected chi connectivity index (χ4v) is 15.2. The Morgan fingerprint density at radius 1 is 0.232 bits per heavy atom. The molecule has 95 heavy (non-hydrogen) atoms.